The molecule has 0 spiro atoms. The predicted molar refractivity (Wildman–Crippen MR) is 117 cm³/mol. The van der Waals surface area contributed by atoms with Crippen LogP contribution in [0.1, 0.15) is 11.3 Å². The highest BCUT2D eigenvalue weighted by Crippen LogP contribution is 2.29. The minimum atomic E-state index is 0.182. The van der Waals surface area contributed by atoms with E-state index in [1.54, 1.807) is 0 Å². The van der Waals surface area contributed by atoms with Crippen LogP contribution in [0.5, 0.6) is 0 Å². The van der Waals surface area contributed by atoms with Gasteiger partial charge in [0.2, 0.25) is 0 Å². The molecule has 0 radical (unpaired) electrons. The van der Waals surface area contributed by atoms with E-state index in [-0.39, 0.29) is 6.85 Å². The first-order chi connectivity index (χ1) is 13.6. The summed E-state index contributed by atoms with van der Waals surface area (Å²) in [7, 11) is 2.11. The molecule has 0 fully saturated rings. The first kappa shape index (κ1) is 16.9. The van der Waals surface area contributed by atoms with Crippen LogP contribution < -0.4 is 14.8 Å². The van der Waals surface area contributed by atoms with Crippen molar-refractivity contribution in [2.75, 3.05) is 4.81 Å². The van der Waals surface area contributed by atoms with Gasteiger partial charge in [0.05, 0.1) is 19.4 Å². The molecule has 28 heavy (non-hydrogen) atoms. The number of nitrogens with zero attached hydrogens (tertiary/aromatic N) is 2. The molecule has 1 aliphatic rings. The predicted octanol–water partition coefficient (Wildman–Crippen LogP) is 4.55. The molecule has 2 aromatic carbocycles. The zero-order valence-electron chi connectivity index (χ0n) is 16.4. The Labute approximate surface area is 165 Å². The number of para-hydroxylation sites is 1. The van der Waals surface area contributed by atoms with Crippen LogP contribution in [-0.2, 0) is 7.05 Å². The fraction of sp³-hybridized carbons (Fsp3) is 0.125. The third-order valence-electron chi connectivity index (χ3n) is 5.68. The lowest BCUT2D eigenvalue weighted by Gasteiger charge is -2.23. The van der Waals surface area contributed by atoms with Crippen molar-refractivity contribution >= 4 is 35.2 Å². The minimum Gasteiger partial charge on any atom is -0.457 e. The molecule has 3 nitrogen and oxygen atoms in total. The van der Waals surface area contributed by atoms with E-state index >= 15 is 0 Å². The summed E-state index contributed by atoms with van der Waals surface area (Å²) >= 11 is 0. The highest BCUT2D eigenvalue weighted by Gasteiger charge is 2.37. The van der Waals surface area contributed by atoms with Crippen molar-refractivity contribution in [1.82, 2.24) is 0 Å². The molecule has 5 rings (SSSR count). The smallest absolute Gasteiger partial charge is 0.413 e. The van der Waals surface area contributed by atoms with Crippen LogP contribution in [-0.4, -0.2) is 6.85 Å². The molecule has 0 amide bonds. The van der Waals surface area contributed by atoms with Crippen LogP contribution >= 0.6 is 0 Å². The first-order valence-corrected chi connectivity index (χ1v) is 9.67. The normalized spacial score (nSPS) is 13.2. The minimum absolute atomic E-state index is 0.182. The molecular formula is C24H22BN2O+. The molecule has 1 aliphatic heterocycles. The third kappa shape index (κ3) is 2.56. The van der Waals surface area contributed by atoms with E-state index in [1.165, 1.54) is 27.5 Å². The lowest BCUT2D eigenvalue weighted by Crippen LogP contribution is -2.50. The van der Waals surface area contributed by atoms with E-state index in [4.69, 9.17) is 4.42 Å². The zero-order valence-corrected chi connectivity index (χ0v) is 16.4. The Hall–Kier alpha value is -3.27. The van der Waals surface area contributed by atoms with Crippen molar-refractivity contribution in [1.29, 1.82) is 0 Å². The van der Waals surface area contributed by atoms with Crippen molar-refractivity contribution in [3.63, 3.8) is 0 Å². The molecule has 0 atom stereocenters. The van der Waals surface area contributed by atoms with Crippen molar-refractivity contribution in [2.45, 2.75) is 13.7 Å². The molecule has 0 N–H and O–H groups in total. The van der Waals surface area contributed by atoms with E-state index in [1.807, 2.05) is 12.1 Å². The molecule has 4 aromatic rings. The molecule has 0 bridgehead atoms. The Morgan fingerprint density at radius 1 is 1.00 bits per heavy atom. The third-order valence-corrected chi connectivity index (χ3v) is 5.68. The second-order valence-electron chi connectivity index (χ2n) is 7.48. The van der Waals surface area contributed by atoms with E-state index in [0.29, 0.717) is 0 Å². The van der Waals surface area contributed by atoms with Crippen LogP contribution in [0, 0.1) is 6.92 Å². The summed E-state index contributed by atoms with van der Waals surface area (Å²) in [6, 6.07) is 21.2. The maximum atomic E-state index is 6.07. The molecule has 0 aliphatic carbocycles. The lowest BCUT2D eigenvalue weighted by molar-refractivity contribution is -0.658. The molecule has 0 saturated carbocycles. The fourth-order valence-corrected chi connectivity index (χ4v) is 4.29. The van der Waals surface area contributed by atoms with Gasteiger partial charge >= 0.3 is 6.85 Å². The lowest BCUT2D eigenvalue weighted by atomic mass is 9.54. The number of aryl methyl sites for hydroxylation is 2. The van der Waals surface area contributed by atoms with Gasteiger partial charge in [-0.2, -0.15) is 0 Å². The first-order valence-electron chi connectivity index (χ1n) is 9.67. The van der Waals surface area contributed by atoms with Crippen LogP contribution in [0.25, 0.3) is 28.2 Å². The van der Waals surface area contributed by atoms with Gasteiger partial charge < -0.3 is 4.42 Å². The molecule has 2 aromatic heterocycles. The van der Waals surface area contributed by atoms with Gasteiger partial charge in [-0.05, 0) is 36.5 Å². The van der Waals surface area contributed by atoms with Crippen molar-refractivity contribution in [3.05, 3.63) is 84.4 Å². The summed E-state index contributed by atoms with van der Waals surface area (Å²) in [6.07, 6.45) is 6.42. The quantitative estimate of drug-likeness (QED) is 0.384. The number of furan rings is 1. The van der Waals surface area contributed by atoms with Gasteiger partial charge in [-0.1, -0.05) is 48.5 Å². The maximum absolute atomic E-state index is 6.07. The summed E-state index contributed by atoms with van der Waals surface area (Å²) in [5.41, 5.74) is 5.96. The van der Waals surface area contributed by atoms with Gasteiger partial charge in [0.25, 0.3) is 5.82 Å². The summed E-state index contributed by atoms with van der Waals surface area (Å²) in [5.74, 6) is 2.12. The number of pyridine rings is 1. The van der Waals surface area contributed by atoms with Crippen LogP contribution in [0.3, 0.4) is 0 Å². The van der Waals surface area contributed by atoms with E-state index in [2.05, 4.69) is 97.2 Å². The number of benzene rings is 2. The second-order valence-corrected chi connectivity index (χ2v) is 7.48. The van der Waals surface area contributed by atoms with Crippen LogP contribution in [0.15, 0.2) is 77.5 Å². The Morgan fingerprint density at radius 2 is 1.75 bits per heavy atom. The zero-order chi connectivity index (χ0) is 19.3. The fourth-order valence-electron chi connectivity index (χ4n) is 4.29. The van der Waals surface area contributed by atoms with Gasteiger partial charge in [0.1, 0.15) is 11.3 Å². The average Bonchev–Trinajstić information content (AvgIpc) is 3.09. The van der Waals surface area contributed by atoms with E-state index < -0.39 is 0 Å². The topological polar surface area (TPSA) is 20.3 Å². The molecule has 0 saturated heterocycles. The Morgan fingerprint density at radius 3 is 2.57 bits per heavy atom. The molecule has 0 unspecified atom stereocenters. The number of rotatable bonds is 2. The van der Waals surface area contributed by atoms with Crippen molar-refractivity contribution in [3.8, 4) is 11.1 Å². The molecular weight excluding hydrogens is 343 g/mol. The second kappa shape index (κ2) is 6.41. The molecule has 4 heteroatoms. The Bertz CT molecular complexity index is 1210. The van der Waals surface area contributed by atoms with E-state index in [9.17, 15) is 0 Å². The largest absolute Gasteiger partial charge is 0.457 e. The van der Waals surface area contributed by atoms with Gasteiger partial charge in [-0.25, -0.2) is 4.57 Å². The summed E-state index contributed by atoms with van der Waals surface area (Å²) in [4.78, 5) is 2.33. The van der Waals surface area contributed by atoms with Gasteiger partial charge in [0, 0.05) is 23.0 Å². The average molecular weight is 365 g/mol. The van der Waals surface area contributed by atoms with Crippen molar-refractivity contribution in [2.24, 2.45) is 7.05 Å². The standard InChI is InChI=1S/C24H22BN2O/c1-17-16-26(3)23(15-20(17)18-9-5-4-6-10-18)27-14-13-22-24(25(27)2)19-11-7-8-12-21(19)28-22/h4-16H,1-3H3/q+1. The monoisotopic (exact) mass is 365 g/mol. The highest BCUT2D eigenvalue weighted by molar-refractivity contribution is 6.79. The number of aromatic nitrogens is 1. The number of anilines is 1. The van der Waals surface area contributed by atoms with E-state index in [0.717, 1.165) is 17.2 Å². The summed E-state index contributed by atoms with van der Waals surface area (Å²) in [6.45, 7) is 4.59. The van der Waals surface area contributed by atoms with Crippen LogP contribution in [0.4, 0.5) is 5.82 Å². The Balaban J connectivity index is 1.64. The number of fused-ring (bicyclic) bond motifs is 3. The maximum Gasteiger partial charge on any atom is 0.413 e. The van der Waals surface area contributed by atoms with Crippen LogP contribution in [0.2, 0.25) is 6.82 Å². The Kier molecular flexibility index (Phi) is 3.87. The van der Waals surface area contributed by atoms with Gasteiger partial charge in [0.15, 0.2) is 0 Å². The summed E-state index contributed by atoms with van der Waals surface area (Å²) < 4.78 is 8.27. The summed E-state index contributed by atoms with van der Waals surface area (Å²) in [5, 5.41) is 1.19. The van der Waals surface area contributed by atoms with Gasteiger partial charge in [-0.15, -0.1) is 0 Å². The van der Waals surface area contributed by atoms with Gasteiger partial charge in [-0.3, -0.25) is 4.81 Å². The molecule has 3 heterocycles. The SMILES string of the molecule is CB1c2c(oc3ccccc23)C=CN1c1cc(-c2ccccc2)c(C)c[n+]1C. The number of hydrogen-bond acceptors (Lipinski definition) is 2. The molecule has 136 valence electrons. The number of hydrogen-bond donors (Lipinski definition) is 0. The highest BCUT2D eigenvalue weighted by atomic mass is 16.3. The van der Waals surface area contributed by atoms with Crippen molar-refractivity contribution < 1.29 is 8.98 Å².